The number of aryl methyl sites for hydroxylation is 1. The third-order valence-corrected chi connectivity index (χ3v) is 2.96. The van der Waals surface area contributed by atoms with E-state index in [-0.39, 0.29) is 6.04 Å². The van der Waals surface area contributed by atoms with Crippen LogP contribution in [0.15, 0.2) is 12.4 Å². The Morgan fingerprint density at radius 2 is 2.11 bits per heavy atom. The van der Waals surface area contributed by atoms with Crippen LogP contribution in [0, 0.1) is 6.92 Å². The summed E-state index contributed by atoms with van der Waals surface area (Å²) >= 11 is 0. The summed E-state index contributed by atoms with van der Waals surface area (Å²) in [7, 11) is 0. The highest BCUT2D eigenvalue weighted by Crippen LogP contribution is 2.30. The van der Waals surface area contributed by atoms with E-state index in [0.717, 1.165) is 22.4 Å². The zero-order chi connectivity index (χ0) is 13.6. The Morgan fingerprint density at radius 1 is 1.32 bits per heavy atom. The van der Waals surface area contributed by atoms with Gasteiger partial charge in [0.25, 0.3) is 0 Å². The zero-order valence-electron chi connectivity index (χ0n) is 11.0. The van der Waals surface area contributed by atoms with E-state index in [2.05, 4.69) is 25.3 Å². The Hall–Kier alpha value is -2.44. The highest BCUT2D eigenvalue weighted by atomic mass is 15.3. The summed E-state index contributed by atoms with van der Waals surface area (Å²) in [6.45, 7) is 6.03. The van der Waals surface area contributed by atoms with E-state index in [4.69, 9.17) is 5.73 Å². The molecule has 0 aromatic carbocycles. The summed E-state index contributed by atoms with van der Waals surface area (Å²) in [6.07, 6.45) is 1.46. The second-order valence-electron chi connectivity index (χ2n) is 4.78. The molecule has 3 N–H and O–H groups in total. The monoisotopic (exact) mass is 257 g/mol. The van der Waals surface area contributed by atoms with Crippen LogP contribution in [-0.2, 0) is 0 Å². The maximum atomic E-state index is 5.97. The lowest BCUT2D eigenvalue weighted by atomic mass is 10.2. The summed E-state index contributed by atoms with van der Waals surface area (Å²) in [5.74, 6) is 0.424. The SMILES string of the molecule is Cc1cc(-c2nn(C(C)C)c3ncnc(N)c23)n[nH]1. The average Bonchev–Trinajstić information content (AvgIpc) is 2.93. The van der Waals surface area contributed by atoms with Gasteiger partial charge in [-0.3, -0.25) is 5.10 Å². The molecule has 19 heavy (non-hydrogen) atoms. The van der Waals surface area contributed by atoms with E-state index >= 15 is 0 Å². The van der Waals surface area contributed by atoms with Crippen LogP contribution in [0.1, 0.15) is 25.6 Å². The molecule has 3 aromatic heterocycles. The van der Waals surface area contributed by atoms with Crippen molar-refractivity contribution in [2.45, 2.75) is 26.8 Å². The fourth-order valence-electron chi connectivity index (χ4n) is 2.07. The average molecular weight is 257 g/mol. The fourth-order valence-corrected chi connectivity index (χ4v) is 2.07. The molecule has 3 heterocycles. The van der Waals surface area contributed by atoms with E-state index in [0.29, 0.717) is 11.5 Å². The molecule has 0 atom stereocenters. The van der Waals surface area contributed by atoms with Gasteiger partial charge >= 0.3 is 0 Å². The van der Waals surface area contributed by atoms with Crippen molar-refractivity contribution in [2.24, 2.45) is 0 Å². The first kappa shape index (κ1) is 11.6. The molecule has 0 bridgehead atoms. The molecular formula is C12H15N7. The van der Waals surface area contributed by atoms with Gasteiger partial charge in [0.05, 0.1) is 5.39 Å². The molecule has 98 valence electrons. The number of nitrogens with zero attached hydrogens (tertiary/aromatic N) is 5. The minimum absolute atomic E-state index is 0.186. The van der Waals surface area contributed by atoms with Gasteiger partial charge in [-0.1, -0.05) is 0 Å². The number of aromatic amines is 1. The molecule has 0 amide bonds. The van der Waals surface area contributed by atoms with Crippen LogP contribution in [0.25, 0.3) is 22.4 Å². The molecule has 0 aliphatic carbocycles. The summed E-state index contributed by atoms with van der Waals surface area (Å²) in [6, 6.07) is 2.12. The van der Waals surface area contributed by atoms with E-state index in [1.807, 2.05) is 31.5 Å². The lowest BCUT2D eigenvalue weighted by Gasteiger charge is -2.05. The number of nitrogen functional groups attached to an aromatic ring is 1. The number of hydrogen-bond donors (Lipinski definition) is 2. The van der Waals surface area contributed by atoms with Crippen molar-refractivity contribution in [1.29, 1.82) is 0 Å². The van der Waals surface area contributed by atoms with Crippen LogP contribution < -0.4 is 5.73 Å². The largest absolute Gasteiger partial charge is 0.383 e. The summed E-state index contributed by atoms with van der Waals surface area (Å²) in [5, 5.41) is 12.5. The van der Waals surface area contributed by atoms with Crippen LogP contribution in [0.4, 0.5) is 5.82 Å². The number of anilines is 1. The number of fused-ring (bicyclic) bond motifs is 1. The predicted molar refractivity (Wildman–Crippen MR) is 72.4 cm³/mol. The van der Waals surface area contributed by atoms with Crippen LogP contribution in [-0.4, -0.2) is 29.9 Å². The third-order valence-electron chi connectivity index (χ3n) is 2.96. The normalized spacial score (nSPS) is 11.6. The quantitative estimate of drug-likeness (QED) is 0.727. The predicted octanol–water partition coefficient (Wildman–Crippen LogP) is 1.69. The van der Waals surface area contributed by atoms with E-state index in [9.17, 15) is 0 Å². The Labute approximate surface area is 109 Å². The van der Waals surface area contributed by atoms with Gasteiger partial charge in [0, 0.05) is 11.7 Å². The second kappa shape index (κ2) is 4.04. The maximum Gasteiger partial charge on any atom is 0.164 e. The number of aromatic nitrogens is 6. The van der Waals surface area contributed by atoms with Crippen LogP contribution in [0.2, 0.25) is 0 Å². The molecule has 7 heteroatoms. The maximum absolute atomic E-state index is 5.97. The minimum Gasteiger partial charge on any atom is -0.383 e. The molecule has 0 aliphatic rings. The van der Waals surface area contributed by atoms with Gasteiger partial charge < -0.3 is 5.73 Å². The standard InChI is InChI=1S/C12H15N7/c1-6(2)19-12-9(11(13)14-5-15-12)10(18-19)8-4-7(3)16-17-8/h4-6H,1-3H3,(H,16,17)(H2,13,14,15). The van der Waals surface area contributed by atoms with Crippen molar-refractivity contribution in [1.82, 2.24) is 29.9 Å². The molecule has 7 nitrogen and oxygen atoms in total. The van der Waals surface area contributed by atoms with Gasteiger partial charge in [-0.2, -0.15) is 10.2 Å². The van der Waals surface area contributed by atoms with Crippen LogP contribution in [0.5, 0.6) is 0 Å². The smallest absolute Gasteiger partial charge is 0.164 e. The van der Waals surface area contributed by atoms with Gasteiger partial charge in [0.15, 0.2) is 5.65 Å². The summed E-state index contributed by atoms with van der Waals surface area (Å²) in [4.78, 5) is 8.34. The summed E-state index contributed by atoms with van der Waals surface area (Å²) < 4.78 is 1.84. The Bertz CT molecular complexity index is 738. The van der Waals surface area contributed by atoms with E-state index in [1.165, 1.54) is 6.33 Å². The second-order valence-corrected chi connectivity index (χ2v) is 4.78. The Balaban J connectivity index is 2.36. The zero-order valence-corrected chi connectivity index (χ0v) is 11.0. The van der Waals surface area contributed by atoms with Crippen molar-refractivity contribution in [2.75, 3.05) is 5.73 Å². The van der Waals surface area contributed by atoms with Crippen LogP contribution >= 0.6 is 0 Å². The molecule has 0 saturated heterocycles. The molecule has 0 fully saturated rings. The number of nitrogens with one attached hydrogen (secondary N) is 1. The number of rotatable bonds is 2. The lowest BCUT2D eigenvalue weighted by molar-refractivity contribution is 0.547. The van der Waals surface area contributed by atoms with Gasteiger partial charge in [0.2, 0.25) is 0 Å². The van der Waals surface area contributed by atoms with Gasteiger partial charge in [-0.25, -0.2) is 14.6 Å². The molecule has 3 aromatic rings. The van der Waals surface area contributed by atoms with E-state index < -0.39 is 0 Å². The van der Waals surface area contributed by atoms with Crippen molar-refractivity contribution < 1.29 is 0 Å². The number of hydrogen-bond acceptors (Lipinski definition) is 5. The molecule has 0 saturated carbocycles. The first-order valence-electron chi connectivity index (χ1n) is 6.09. The number of H-pyrrole nitrogens is 1. The molecule has 0 spiro atoms. The Morgan fingerprint density at radius 3 is 2.74 bits per heavy atom. The highest BCUT2D eigenvalue weighted by molar-refractivity contribution is 5.97. The molecule has 0 unspecified atom stereocenters. The fraction of sp³-hybridized carbons (Fsp3) is 0.333. The third kappa shape index (κ3) is 1.74. The van der Waals surface area contributed by atoms with Crippen molar-refractivity contribution >= 4 is 16.9 Å². The van der Waals surface area contributed by atoms with Crippen molar-refractivity contribution in [3.05, 3.63) is 18.1 Å². The molecular weight excluding hydrogens is 242 g/mol. The molecule has 3 rings (SSSR count). The molecule has 0 aliphatic heterocycles. The summed E-state index contributed by atoms with van der Waals surface area (Å²) in [5.41, 5.74) is 9.14. The topological polar surface area (TPSA) is 98.3 Å². The van der Waals surface area contributed by atoms with Crippen molar-refractivity contribution in [3.8, 4) is 11.4 Å². The number of nitrogens with two attached hydrogens (primary N) is 1. The van der Waals surface area contributed by atoms with Gasteiger partial charge in [-0.05, 0) is 26.8 Å². The first-order valence-corrected chi connectivity index (χ1v) is 6.09. The minimum atomic E-state index is 0.186. The lowest BCUT2D eigenvalue weighted by Crippen LogP contribution is -2.04. The van der Waals surface area contributed by atoms with Gasteiger partial charge in [0.1, 0.15) is 23.5 Å². The molecule has 0 radical (unpaired) electrons. The Kier molecular flexibility index (Phi) is 2.48. The van der Waals surface area contributed by atoms with Crippen molar-refractivity contribution in [3.63, 3.8) is 0 Å². The van der Waals surface area contributed by atoms with Crippen LogP contribution in [0.3, 0.4) is 0 Å². The van der Waals surface area contributed by atoms with E-state index in [1.54, 1.807) is 0 Å². The highest BCUT2D eigenvalue weighted by Gasteiger charge is 2.19. The van der Waals surface area contributed by atoms with Gasteiger partial charge in [-0.15, -0.1) is 0 Å². The first-order chi connectivity index (χ1) is 9.08.